The smallest absolute Gasteiger partial charge is 0.273 e. The van der Waals surface area contributed by atoms with E-state index in [1.54, 1.807) is 23.6 Å². The van der Waals surface area contributed by atoms with E-state index in [4.69, 9.17) is 0 Å². The van der Waals surface area contributed by atoms with Gasteiger partial charge in [-0.2, -0.15) is 5.10 Å². The molecule has 2 heterocycles. The quantitative estimate of drug-likeness (QED) is 0.557. The molecule has 94 valence electrons. The van der Waals surface area contributed by atoms with E-state index in [-0.39, 0.29) is 5.91 Å². The molecule has 4 nitrogen and oxygen atoms in total. The van der Waals surface area contributed by atoms with Crippen LogP contribution < -0.4 is 5.43 Å². The second kappa shape index (κ2) is 5.07. The number of aromatic amines is 1. The lowest BCUT2D eigenvalue weighted by Gasteiger charge is -2.01. The van der Waals surface area contributed by atoms with E-state index in [0.29, 0.717) is 5.56 Å². The van der Waals surface area contributed by atoms with Gasteiger partial charge in [-0.25, -0.2) is 5.43 Å². The van der Waals surface area contributed by atoms with E-state index in [2.05, 4.69) is 15.5 Å². The second-order valence-electron chi connectivity index (χ2n) is 3.96. The molecule has 0 radical (unpaired) electrons. The lowest BCUT2D eigenvalue weighted by atomic mass is 10.1. The summed E-state index contributed by atoms with van der Waals surface area (Å²) in [5.74, 6) is -0.221. The molecule has 5 heteroatoms. The van der Waals surface area contributed by atoms with Gasteiger partial charge in [0, 0.05) is 16.5 Å². The van der Waals surface area contributed by atoms with Gasteiger partial charge >= 0.3 is 0 Å². The van der Waals surface area contributed by atoms with Crippen LogP contribution in [0.2, 0.25) is 0 Å². The van der Waals surface area contributed by atoms with E-state index in [1.165, 1.54) is 0 Å². The Hall–Kier alpha value is -2.40. The average molecular weight is 269 g/mol. The van der Waals surface area contributed by atoms with Gasteiger partial charge in [0.15, 0.2) is 0 Å². The van der Waals surface area contributed by atoms with Crippen LogP contribution in [0.1, 0.15) is 15.2 Å². The highest BCUT2D eigenvalue weighted by atomic mass is 32.1. The summed E-state index contributed by atoms with van der Waals surface area (Å²) in [7, 11) is 0. The van der Waals surface area contributed by atoms with Crippen molar-refractivity contribution in [3.05, 3.63) is 58.4 Å². The molecule has 0 atom stereocenters. The SMILES string of the molecule is O=C(NN=Cc1cccs1)c1cccc2cc[nH]c12. The third-order valence-corrected chi connectivity index (χ3v) is 3.54. The Morgan fingerprint density at radius 3 is 3.05 bits per heavy atom. The second-order valence-corrected chi connectivity index (χ2v) is 4.94. The van der Waals surface area contributed by atoms with Crippen molar-refractivity contribution in [2.75, 3.05) is 0 Å². The van der Waals surface area contributed by atoms with Crippen molar-refractivity contribution in [2.24, 2.45) is 5.10 Å². The number of hydrogen-bond donors (Lipinski definition) is 2. The summed E-state index contributed by atoms with van der Waals surface area (Å²) in [6.07, 6.45) is 3.45. The number of benzene rings is 1. The van der Waals surface area contributed by atoms with E-state index in [9.17, 15) is 4.79 Å². The van der Waals surface area contributed by atoms with Crippen LogP contribution in [0, 0.1) is 0 Å². The van der Waals surface area contributed by atoms with Crippen LogP contribution in [0.5, 0.6) is 0 Å². The highest BCUT2D eigenvalue weighted by Gasteiger charge is 2.09. The number of carbonyl (C=O) groups excluding carboxylic acids is 1. The first-order valence-corrected chi connectivity index (χ1v) is 6.65. The van der Waals surface area contributed by atoms with Crippen molar-refractivity contribution in [1.82, 2.24) is 10.4 Å². The minimum atomic E-state index is -0.221. The average Bonchev–Trinajstić information content (AvgIpc) is 3.08. The van der Waals surface area contributed by atoms with Crippen molar-refractivity contribution < 1.29 is 4.79 Å². The number of hydrogen-bond acceptors (Lipinski definition) is 3. The van der Waals surface area contributed by atoms with Gasteiger partial charge in [0.2, 0.25) is 0 Å². The van der Waals surface area contributed by atoms with Crippen LogP contribution in [0.25, 0.3) is 10.9 Å². The molecule has 19 heavy (non-hydrogen) atoms. The van der Waals surface area contributed by atoms with Gasteiger partial charge < -0.3 is 4.98 Å². The van der Waals surface area contributed by atoms with E-state index in [0.717, 1.165) is 15.8 Å². The number of nitrogens with zero attached hydrogens (tertiary/aromatic N) is 1. The molecule has 3 aromatic rings. The number of thiophene rings is 1. The summed E-state index contributed by atoms with van der Waals surface area (Å²) in [6, 6.07) is 11.4. The third-order valence-electron chi connectivity index (χ3n) is 2.73. The fraction of sp³-hybridized carbons (Fsp3) is 0. The highest BCUT2D eigenvalue weighted by molar-refractivity contribution is 7.11. The first-order chi connectivity index (χ1) is 9.34. The maximum atomic E-state index is 12.0. The van der Waals surface area contributed by atoms with Gasteiger partial charge in [-0.05, 0) is 23.6 Å². The Bertz CT molecular complexity index is 728. The summed E-state index contributed by atoms with van der Waals surface area (Å²) in [5.41, 5.74) is 3.95. The van der Waals surface area contributed by atoms with Gasteiger partial charge in [0.1, 0.15) is 0 Å². The van der Waals surface area contributed by atoms with Gasteiger partial charge in [-0.15, -0.1) is 11.3 Å². The molecule has 2 aromatic heterocycles. The largest absolute Gasteiger partial charge is 0.361 e. The predicted molar refractivity (Wildman–Crippen MR) is 77.7 cm³/mol. The van der Waals surface area contributed by atoms with Crippen LogP contribution in [0.3, 0.4) is 0 Å². The van der Waals surface area contributed by atoms with Gasteiger partial charge in [-0.3, -0.25) is 4.79 Å². The Morgan fingerprint density at radius 2 is 2.21 bits per heavy atom. The summed E-state index contributed by atoms with van der Waals surface area (Å²) in [5, 5.41) is 6.92. The molecule has 0 bridgehead atoms. The number of rotatable bonds is 3. The first-order valence-electron chi connectivity index (χ1n) is 5.77. The normalized spacial score (nSPS) is 11.2. The fourth-order valence-corrected chi connectivity index (χ4v) is 2.44. The van der Waals surface area contributed by atoms with E-state index < -0.39 is 0 Å². The number of aromatic nitrogens is 1. The number of nitrogens with one attached hydrogen (secondary N) is 2. The lowest BCUT2D eigenvalue weighted by molar-refractivity contribution is 0.0956. The molecule has 0 fully saturated rings. The molecule has 0 saturated heterocycles. The minimum Gasteiger partial charge on any atom is -0.361 e. The molecule has 1 aromatic carbocycles. The Kier molecular flexibility index (Phi) is 3.12. The van der Waals surface area contributed by atoms with Crippen LogP contribution in [-0.4, -0.2) is 17.1 Å². The van der Waals surface area contributed by atoms with Crippen LogP contribution in [0.4, 0.5) is 0 Å². The number of fused-ring (bicyclic) bond motifs is 1. The Balaban J connectivity index is 1.79. The molecular formula is C14H11N3OS. The molecule has 0 aliphatic carbocycles. The summed E-state index contributed by atoms with van der Waals surface area (Å²) in [6.45, 7) is 0. The van der Waals surface area contributed by atoms with Crippen molar-refractivity contribution in [1.29, 1.82) is 0 Å². The van der Waals surface area contributed by atoms with E-state index in [1.807, 2.05) is 41.9 Å². The van der Waals surface area contributed by atoms with Crippen LogP contribution in [-0.2, 0) is 0 Å². The predicted octanol–water partition coefficient (Wildman–Crippen LogP) is 2.99. The number of para-hydroxylation sites is 1. The zero-order valence-corrected chi connectivity index (χ0v) is 10.8. The van der Waals surface area contributed by atoms with Gasteiger partial charge in [0.05, 0.1) is 17.3 Å². The Morgan fingerprint density at radius 1 is 1.26 bits per heavy atom. The molecule has 0 aliphatic heterocycles. The minimum absolute atomic E-state index is 0.221. The van der Waals surface area contributed by atoms with Crippen molar-refractivity contribution in [3.63, 3.8) is 0 Å². The number of amides is 1. The highest BCUT2D eigenvalue weighted by Crippen LogP contribution is 2.16. The molecule has 3 rings (SSSR count). The number of hydrazone groups is 1. The number of carbonyl (C=O) groups is 1. The zero-order valence-electron chi connectivity index (χ0n) is 9.96. The maximum Gasteiger partial charge on any atom is 0.273 e. The molecule has 2 N–H and O–H groups in total. The zero-order chi connectivity index (χ0) is 13.1. The summed E-state index contributed by atoms with van der Waals surface area (Å²) in [4.78, 5) is 16.1. The molecule has 0 saturated carbocycles. The van der Waals surface area contributed by atoms with Crippen LogP contribution in [0.15, 0.2) is 53.1 Å². The number of H-pyrrole nitrogens is 1. The lowest BCUT2D eigenvalue weighted by Crippen LogP contribution is -2.17. The molecule has 0 spiro atoms. The molecule has 0 aliphatic rings. The first kappa shape index (κ1) is 11.7. The van der Waals surface area contributed by atoms with E-state index >= 15 is 0 Å². The van der Waals surface area contributed by atoms with Gasteiger partial charge in [-0.1, -0.05) is 18.2 Å². The third kappa shape index (κ3) is 2.41. The van der Waals surface area contributed by atoms with Crippen molar-refractivity contribution >= 4 is 34.4 Å². The fourth-order valence-electron chi connectivity index (χ4n) is 1.85. The standard InChI is InChI=1S/C14H11N3OS/c18-14(17-16-9-11-4-2-8-19-11)12-5-1-3-10-6-7-15-13(10)12/h1-9,15H,(H,17,18). The van der Waals surface area contributed by atoms with Gasteiger partial charge in [0.25, 0.3) is 5.91 Å². The summed E-state index contributed by atoms with van der Waals surface area (Å²) < 4.78 is 0. The Labute approximate surface area is 113 Å². The maximum absolute atomic E-state index is 12.0. The summed E-state index contributed by atoms with van der Waals surface area (Å²) >= 11 is 1.57. The molecule has 0 unspecified atom stereocenters. The van der Waals surface area contributed by atoms with Crippen LogP contribution >= 0.6 is 11.3 Å². The van der Waals surface area contributed by atoms with Crippen molar-refractivity contribution in [3.8, 4) is 0 Å². The monoisotopic (exact) mass is 269 g/mol. The molecular weight excluding hydrogens is 258 g/mol. The topological polar surface area (TPSA) is 57.2 Å². The molecule has 1 amide bonds. The van der Waals surface area contributed by atoms with Crippen molar-refractivity contribution in [2.45, 2.75) is 0 Å².